The Balaban J connectivity index is 1.88. The average molecular weight is 485 g/mol. The first-order valence-electron chi connectivity index (χ1n) is 9.98. The van der Waals surface area contributed by atoms with Crippen LogP contribution in [-0.4, -0.2) is 50.6 Å². The number of rotatable bonds is 6. The lowest BCUT2D eigenvalue weighted by molar-refractivity contribution is -0.129. The number of ether oxygens (including phenoxy) is 1. The van der Waals surface area contributed by atoms with Crippen molar-refractivity contribution in [3.63, 3.8) is 0 Å². The zero-order valence-electron chi connectivity index (χ0n) is 18.5. The van der Waals surface area contributed by atoms with E-state index in [-0.39, 0.29) is 17.3 Å². The zero-order valence-corrected chi connectivity index (χ0v) is 19.3. The number of hydrogen-bond acceptors (Lipinski definition) is 8. The molecule has 2 aromatic carbocycles. The molecule has 34 heavy (non-hydrogen) atoms. The predicted octanol–water partition coefficient (Wildman–Crippen LogP) is 2.26. The third kappa shape index (κ3) is 4.05. The first-order chi connectivity index (χ1) is 16.0. The van der Waals surface area contributed by atoms with E-state index in [2.05, 4.69) is 9.98 Å². The van der Waals surface area contributed by atoms with Gasteiger partial charge in [0.1, 0.15) is 17.3 Å². The largest absolute Gasteiger partial charge is 0.497 e. The van der Waals surface area contributed by atoms with Gasteiger partial charge in [-0.25, -0.2) is 9.38 Å². The van der Waals surface area contributed by atoms with Crippen molar-refractivity contribution in [2.24, 2.45) is 10.7 Å². The number of pyridine rings is 1. The molecule has 0 spiro atoms. The lowest BCUT2D eigenvalue weighted by Gasteiger charge is -2.26. The van der Waals surface area contributed by atoms with Crippen LogP contribution in [0.2, 0.25) is 0 Å². The van der Waals surface area contributed by atoms with Crippen molar-refractivity contribution in [2.45, 2.75) is 5.54 Å². The number of aliphatic imine (C=N–C) groups is 1. The van der Waals surface area contributed by atoms with Crippen molar-refractivity contribution in [3.05, 3.63) is 77.9 Å². The van der Waals surface area contributed by atoms with E-state index in [1.54, 1.807) is 6.07 Å². The molecule has 3 aromatic rings. The molecule has 0 saturated carbocycles. The van der Waals surface area contributed by atoms with Gasteiger partial charge in [-0.05, 0) is 42.0 Å². The Kier molecular flexibility index (Phi) is 5.74. The maximum atomic E-state index is 14.6. The van der Waals surface area contributed by atoms with Crippen molar-refractivity contribution in [2.75, 3.05) is 20.4 Å². The molecule has 1 amide bonds. The van der Waals surface area contributed by atoms with E-state index in [1.165, 1.54) is 73.9 Å². The van der Waals surface area contributed by atoms with Gasteiger partial charge >= 0.3 is 10.1 Å². The van der Waals surface area contributed by atoms with Crippen LogP contribution in [0.3, 0.4) is 0 Å². The predicted molar refractivity (Wildman–Crippen MR) is 123 cm³/mol. The Bertz CT molecular complexity index is 1410. The second kappa shape index (κ2) is 8.41. The SMILES string of the molecule is COc1ccc(F)c(-c2cncc(C3(c4ccc(OS(C)(=O)=O)cc4)N=C(N)N(C)C3=O)c2)c1. The lowest BCUT2D eigenvalue weighted by Crippen LogP contribution is -2.41. The fraction of sp³-hybridized carbons (Fsp3) is 0.174. The zero-order chi connectivity index (χ0) is 24.7. The summed E-state index contributed by atoms with van der Waals surface area (Å²) in [5.74, 6) is -0.431. The summed E-state index contributed by atoms with van der Waals surface area (Å²) in [6.07, 6.45) is 3.85. The maximum Gasteiger partial charge on any atom is 0.306 e. The van der Waals surface area contributed by atoms with E-state index < -0.39 is 27.4 Å². The molecule has 1 aliphatic heterocycles. The average Bonchev–Trinajstić information content (AvgIpc) is 3.04. The third-order valence-corrected chi connectivity index (χ3v) is 5.90. The number of nitrogens with two attached hydrogens (primary N) is 1. The number of likely N-dealkylation sites (N-methyl/N-ethyl adjacent to an activating group) is 1. The Hall–Kier alpha value is -3.99. The molecule has 0 aliphatic carbocycles. The number of methoxy groups -OCH3 is 1. The van der Waals surface area contributed by atoms with Gasteiger partial charge in [0.15, 0.2) is 11.5 Å². The third-order valence-electron chi connectivity index (χ3n) is 5.40. The number of guanidine groups is 1. The highest BCUT2D eigenvalue weighted by atomic mass is 32.2. The van der Waals surface area contributed by atoms with Crippen LogP contribution in [0.25, 0.3) is 11.1 Å². The van der Waals surface area contributed by atoms with Gasteiger partial charge in [-0.3, -0.25) is 14.7 Å². The minimum Gasteiger partial charge on any atom is -0.497 e. The first-order valence-corrected chi connectivity index (χ1v) is 11.8. The van der Waals surface area contributed by atoms with Gasteiger partial charge in [0.2, 0.25) is 0 Å². The highest BCUT2D eigenvalue weighted by Crippen LogP contribution is 2.41. The number of benzene rings is 2. The van der Waals surface area contributed by atoms with E-state index in [4.69, 9.17) is 14.7 Å². The summed E-state index contributed by atoms with van der Waals surface area (Å²) < 4.78 is 47.6. The topological polar surface area (TPSA) is 124 Å². The normalized spacial score (nSPS) is 18.1. The molecule has 1 atom stereocenters. The van der Waals surface area contributed by atoms with E-state index in [1.807, 2.05) is 0 Å². The Morgan fingerprint density at radius 3 is 2.29 bits per heavy atom. The van der Waals surface area contributed by atoms with Crippen LogP contribution in [0.1, 0.15) is 11.1 Å². The highest BCUT2D eigenvalue weighted by Gasteiger charge is 2.50. The molecule has 0 radical (unpaired) electrons. The standard InChI is InChI=1S/C23H21FN4O5S/c1-28-21(29)23(27-22(28)25,15-4-6-17(7-5-15)33-34(3,30)31)16-10-14(12-26-13-16)19-11-18(32-2)8-9-20(19)24/h4-13H,1-3H3,(H2,25,27). The van der Waals surface area contributed by atoms with Crippen molar-refractivity contribution < 1.29 is 26.5 Å². The van der Waals surface area contributed by atoms with Gasteiger partial charge in [0.05, 0.1) is 13.4 Å². The molecule has 1 unspecified atom stereocenters. The van der Waals surface area contributed by atoms with Gasteiger partial charge in [0, 0.05) is 36.1 Å². The molecule has 0 fully saturated rings. The number of amides is 1. The molecule has 1 aliphatic rings. The molecule has 0 bridgehead atoms. The van der Waals surface area contributed by atoms with Crippen LogP contribution < -0.4 is 14.7 Å². The van der Waals surface area contributed by atoms with Crippen molar-refractivity contribution >= 4 is 22.0 Å². The van der Waals surface area contributed by atoms with Gasteiger partial charge in [-0.1, -0.05) is 12.1 Å². The molecule has 11 heteroatoms. The van der Waals surface area contributed by atoms with E-state index in [0.717, 1.165) is 6.26 Å². The first kappa shape index (κ1) is 23.2. The van der Waals surface area contributed by atoms with Gasteiger partial charge < -0.3 is 14.7 Å². The van der Waals surface area contributed by atoms with Crippen molar-refractivity contribution in [1.29, 1.82) is 0 Å². The number of carbonyl (C=O) groups excluding carboxylic acids is 1. The second-order valence-corrected chi connectivity index (χ2v) is 9.24. The summed E-state index contributed by atoms with van der Waals surface area (Å²) >= 11 is 0. The van der Waals surface area contributed by atoms with Gasteiger partial charge in [0.25, 0.3) is 5.91 Å². The van der Waals surface area contributed by atoms with E-state index >= 15 is 0 Å². The Morgan fingerprint density at radius 1 is 1.03 bits per heavy atom. The fourth-order valence-corrected chi connectivity index (χ4v) is 4.21. The minimum absolute atomic E-state index is 0.0144. The number of carbonyl (C=O) groups is 1. The summed E-state index contributed by atoms with van der Waals surface area (Å²) in [5, 5.41) is 0. The van der Waals surface area contributed by atoms with Crippen LogP contribution >= 0.6 is 0 Å². The second-order valence-electron chi connectivity index (χ2n) is 7.66. The fourth-order valence-electron chi connectivity index (χ4n) is 3.75. The van der Waals surface area contributed by atoms with Crippen LogP contribution in [0.5, 0.6) is 11.5 Å². The molecular formula is C23H21FN4O5S. The van der Waals surface area contributed by atoms with Crippen LogP contribution in [0, 0.1) is 5.82 Å². The quantitative estimate of drug-likeness (QED) is 0.532. The Labute approximate surface area is 195 Å². The van der Waals surface area contributed by atoms with Crippen molar-refractivity contribution in [3.8, 4) is 22.6 Å². The number of hydrogen-bond donors (Lipinski definition) is 1. The summed E-state index contributed by atoms with van der Waals surface area (Å²) in [6, 6.07) is 11.8. The summed E-state index contributed by atoms with van der Waals surface area (Å²) in [7, 11) is -0.766. The van der Waals surface area contributed by atoms with Crippen LogP contribution in [0.15, 0.2) is 65.9 Å². The molecule has 2 heterocycles. The minimum atomic E-state index is -3.73. The van der Waals surface area contributed by atoms with Crippen molar-refractivity contribution in [1.82, 2.24) is 9.88 Å². The van der Waals surface area contributed by atoms with Crippen LogP contribution in [-0.2, 0) is 20.5 Å². The number of halogens is 1. The van der Waals surface area contributed by atoms with Gasteiger partial charge in [-0.15, -0.1) is 0 Å². The smallest absolute Gasteiger partial charge is 0.306 e. The summed E-state index contributed by atoms with van der Waals surface area (Å²) in [5.41, 5.74) is 5.77. The molecule has 2 N–H and O–H groups in total. The molecule has 176 valence electrons. The molecule has 4 rings (SSSR count). The van der Waals surface area contributed by atoms with Crippen LogP contribution in [0.4, 0.5) is 4.39 Å². The summed E-state index contributed by atoms with van der Waals surface area (Å²) in [6.45, 7) is 0. The maximum absolute atomic E-state index is 14.6. The highest BCUT2D eigenvalue weighted by molar-refractivity contribution is 7.86. The number of aromatic nitrogens is 1. The molecular weight excluding hydrogens is 463 g/mol. The molecule has 0 saturated heterocycles. The monoisotopic (exact) mass is 484 g/mol. The van der Waals surface area contributed by atoms with E-state index in [9.17, 15) is 17.6 Å². The molecule has 9 nitrogen and oxygen atoms in total. The van der Waals surface area contributed by atoms with E-state index in [0.29, 0.717) is 22.4 Å². The Morgan fingerprint density at radius 2 is 1.71 bits per heavy atom. The lowest BCUT2D eigenvalue weighted by atomic mass is 9.82. The summed E-state index contributed by atoms with van der Waals surface area (Å²) in [4.78, 5) is 23.4. The molecule has 1 aromatic heterocycles. The number of nitrogens with zero attached hydrogens (tertiary/aromatic N) is 3. The van der Waals surface area contributed by atoms with Gasteiger partial charge in [-0.2, -0.15) is 8.42 Å².